The van der Waals surface area contributed by atoms with E-state index in [2.05, 4.69) is 12.8 Å². The summed E-state index contributed by atoms with van der Waals surface area (Å²) in [5, 5.41) is 8.42. The molecule has 0 aliphatic rings. The maximum absolute atomic E-state index is 12.3. The van der Waals surface area contributed by atoms with Gasteiger partial charge in [-0.05, 0) is 17.7 Å². The summed E-state index contributed by atoms with van der Waals surface area (Å²) in [5.74, 6) is -4.08. The lowest BCUT2D eigenvalue weighted by atomic mass is 10.2. The first-order chi connectivity index (χ1) is 6.15. The summed E-state index contributed by atoms with van der Waals surface area (Å²) < 4.78 is 36.8. The second kappa shape index (κ2) is 5.22. The number of terminal acetylenes is 1. The maximum atomic E-state index is 12.3. The van der Waals surface area contributed by atoms with E-state index in [9.17, 15) is 13.2 Å². The second-order valence-corrected chi connectivity index (χ2v) is 2.03. The standard InChI is InChI=1S/C7H5F3O.C2H2/c8-5-1-4(3-11)2-6(9)7(5)10;1-2/h1-2,11H,3H2;1-2H. The van der Waals surface area contributed by atoms with Gasteiger partial charge in [-0.25, -0.2) is 13.2 Å². The Morgan fingerprint density at radius 1 is 1.08 bits per heavy atom. The van der Waals surface area contributed by atoms with E-state index < -0.39 is 24.1 Å². The zero-order valence-corrected chi connectivity index (χ0v) is 6.60. The van der Waals surface area contributed by atoms with Crippen LogP contribution in [0.5, 0.6) is 0 Å². The van der Waals surface area contributed by atoms with E-state index in [0.29, 0.717) is 0 Å². The minimum atomic E-state index is -1.51. The fourth-order valence-electron chi connectivity index (χ4n) is 0.699. The summed E-state index contributed by atoms with van der Waals surface area (Å²) in [6.45, 7) is -0.506. The zero-order chi connectivity index (χ0) is 10.4. The summed E-state index contributed by atoms with van der Waals surface area (Å²) in [7, 11) is 0. The molecule has 70 valence electrons. The van der Waals surface area contributed by atoms with Gasteiger partial charge in [0.2, 0.25) is 0 Å². The van der Waals surface area contributed by atoms with Crippen molar-refractivity contribution in [1.82, 2.24) is 0 Å². The van der Waals surface area contributed by atoms with E-state index >= 15 is 0 Å². The first-order valence-electron chi connectivity index (χ1n) is 3.22. The number of aliphatic hydroxyl groups is 1. The summed E-state index contributed by atoms with van der Waals surface area (Å²) >= 11 is 0. The minimum Gasteiger partial charge on any atom is -0.392 e. The summed E-state index contributed by atoms with van der Waals surface area (Å²) in [5.41, 5.74) is 0.0152. The van der Waals surface area contributed by atoms with Crippen molar-refractivity contribution >= 4 is 0 Å². The number of hydrogen-bond acceptors (Lipinski definition) is 1. The Labute approximate surface area is 73.8 Å². The van der Waals surface area contributed by atoms with Gasteiger partial charge in [0.1, 0.15) is 0 Å². The lowest BCUT2D eigenvalue weighted by molar-refractivity contribution is 0.279. The quantitative estimate of drug-likeness (QED) is 0.526. The normalized spacial score (nSPS) is 8.77. The van der Waals surface area contributed by atoms with Crippen molar-refractivity contribution in [2.24, 2.45) is 0 Å². The summed E-state index contributed by atoms with van der Waals surface area (Å²) in [6.07, 6.45) is 8.00. The highest BCUT2D eigenvalue weighted by atomic mass is 19.2. The van der Waals surface area contributed by atoms with Gasteiger partial charge in [-0.3, -0.25) is 0 Å². The Kier molecular flexibility index (Phi) is 4.63. The molecule has 4 heteroatoms. The van der Waals surface area contributed by atoms with E-state index in [1.165, 1.54) is 0 Å². The predicted molar refractivity (Wildman–Crippen MR) is 42.1 cm³/mol. The highest BCUT2D eigenvalue weighted by Crippen LogP contribution is 2.12. The predicted octanol–water partition coefficient (Wildman–Crippen LogP) is 1.85. The van der Waals surface area contributed by atoms with Crippen LogP contribution in [-0.2, 0) is 6.61 Å². The number of aliphatic hydroxyl groups excluding tert-OH is 1. The number of rotatable bonds is 1. The Bertz CT molecular complexity index is 284. The fourth-order valence-corrected chi connectivity index (χ4v) is 0.699. The molecule has 0 aliphatic carbocycles. The first-order valence-corrected chi connectivity index (χ1v) is 3.22. The third-order valence-electron chi connectivity index (χ3n) is 1.23. The Morgan fingerprint density at radius 2 is 1.46 bits per heavy atom. The van der Waals surface area contributed by atoms with Crippen LogP contribution < -0.4 is 0 Å². The second-order valence-electron chi connectivity index (χ2n) is 2.03. The van der Waals surface area contributed by atoms with Crippen molar-refractivity contribution in [3.63, 3.8) is 0 Å². The Balaban J connectivity index is 0.000000671. The Morgan fingerprint density at radius 3 is 1.77 bits per heavy atom. The zero-order valence-electron chi connectivity index (χ0n) is 6.60. The highest BCUT2D eigenvalue weighted by molar-refractivity contribution is 5.18. The topological polar surface area (TPSA) is 20.2 Å². The van der Waals surface area contributed by atoms with Gasteiger partial charge in [0, 0.05) is 0 Å². The molecule has 0 atom stereocenters. The number of hydrogen-bond donors (Lipinski definition) is 1. The molecule has 1 nitrogen and oxygen atoms in total. The molecule has 1 rings (SSSR count). The molecule has 0 saturated carbocycles. The van der Waals surface area contributed by atoms with Crippen LogP contribution in [-0.4, -0.2) is 5.11 Å². The van der Waals surface area contributed by atoms with E-state index in [4.69, 9.17) is 5.11 Å². The number of benzene rings is 1. The number of halogens is 3. The molecule has 0 heterocycles. The lowest BCUT2D eigenvalue weighted by Crippen LogP contribution is -1.93. The van der Waals surface area contributed by atoms with E-state index in [-0.39, 0.29) is 5.56 Å². The smallest absolute Gasteiger partial charge is 0.194 e. The average molecular weight is 188 g/mol. The van der Waals surface area contributed by atoms with Crippen LogP contribution in [0.15, 0.2) is 12.1 Å². The largest absolute Gasteiger partial charge is 0.392 e. The van der Waals surface area contributed by atoms with Crippen molar-refractivity contribution in [2.75, 3.05) is 0 Å². The first kappa shape index (κ1) is 11.5. The third kappa shape index (κ3) is 2.80. The molecule has 0 spiro atoms. The summed E-state index contributed by atoms with van der Waals surface area (Å²) in [6, 6.07) is 1.50. The average Bonchev–Trinajstić information content (AvgIpc) is 2.16. The van der Waals surface area contributed by atoms with Gasteiger partial charge >= 0.3 is 0 Å². The van der Waals surface area contributed by atoms with Gasteiger partial charge in [0.05, 0.1) is 6.61 Å². The summed E-state index contributed by atoms with van der Waals surface area (Å²) in [4.78, 5) is 0. The van der Waals surface area contributed by atoms with Crippen molar-refractivity contribution < 1.29 is 18.3 Å². The van der Waals surface area contributed by atoms with E-state index in [1.54, 1.807) is 0 Å². The van der Waals surface area contributed by atoms with Crippen LogP contribution in [0.2, 0.25) is 0 Å². The van der Waals surface area contributed by atoms with Crippen molar-refractivity contribution in [3.8, 4) is 12.8 Å². The maximum Gasteiger partial charge on any atom is 0.194 e. The van der Waals surface area contributed by atoms with Crippen LogP contribution in [0.1, 0.15) is 5.56 Å². The molecular weight excluding hydrogens is 181 g/mol. The van der Waals surface area contributed by atoms with Gasteiger partial charge in [0.25, 0.3) is 0 Å². The van der Waals surface area contributed by atoms with Gasteiger partial charge < -0.3 is 5.11 Å². The molecule has 1 N–H and O–H groups in total. The molecule has 0 radical (unpaired) electrons. The third-order valence-corrected chi connectivity index (χ3v) is 1.23. The molecule has 0 bridgehead atoms. The SMILES string of the molecule is C#C.OCc1cc(F)c(F)c(F)c1. The molecular formula is C9H7F3O. The molecule has 0 aromatic heterocycles. The molecule has 0 saturated heterocycles. The highest BCUT2D eigenvalue weighted by Gasteiger charge is 2.09. The van der Waals surface area contributed by atoms with Gasteiger partial charge in [-0.2, -0.15) is 0 Å². The Hall–Kier alpha value is -1.47. The van der Waals surface area contributed by atoms with Gasteiger partial charge in [0.15, 0.2) is 17.5 Å². The van der Waals surface area contributed by atoms with E-state index in [1.807, 2.05) is 0 Å². The van der Waals surface area contributed by atoms with Crippen LogP contribution in [0, 0.1) is 30.3 Å². The van der Waals surface area contributed by atoms with Crippen molar-refractivity contribution in [3.05, 3.63) is 35.1 Å². The fraction of sp³-hybridized carbons (Fsp3) is 0.111. The molecule has 1 aromatic rings. The van der Waals surface area contributed by atoms with Crippen molar-refractivity contribution in [2.45, 2.75) is 6.61 Å². The molecule has 0 fully saturated rings. The van der Waals surface area contributed by atoms with Crippen LogP contribution in [0.4, 0.5) is 13.2 Å². The van der Waals surface area contributed by atoms with Gasteiger partial charge in [-0.15, -0.1) is 12.8 Å². The van der Waals surface area contributed by atoms with E-state index in [0.717, 1.165) is 12.1 Å². The van der Waals surface area contributed by atoms with Crippen LogP contribution >= 0.6 is 0 Å². The molecule has 0 amide bonds. The monoisotopic (exact) mass is 188 g/mol. The molecule has 0 unspecified atom stereocenters. The minimum absolute atomic E-state index is 0.0152. The van der Waals surface area contributed by atoms with Crippen molar-refractivity contribution in [1.29, 1.82) is 0 Å². The van der Waals surface area contributed by atoms with Gasteiger partial charge in [-0.1, -0.05) is 0 Å². The molecule has 1 aromatic carbocycles. The molecule has 0 aliphatic heterocycles. The van der Waals surface area contributed by atoms with Crippen LogP contribution in [0.25, 0.3) is 0 Å². The van der Waals surface area contributed by atoms with Crippen LogP contribution in [0.3, 0.4) is 0 Å². The molecule has 13 heavy (non-hydrogen) atoms. The lowest BCUT2D eigenvalue weighted by Gasteiger charge is -1.98.